The van der Waals surface area contributed by atoms with Crippen molar-refractivity contribution >= 4 is 19.8 Å². The molecule has 0 aliphatic carbocycles. The molecule has 0 aliphatic rings. The van der Waals surface area contributed by atoms with Crippen molar-refractivity contribution in [2.24, 2.45) is 0 Å². The topological polar surface area (TPSA) is 119 Å². The molecule has 49 heavy (non-hydrogen) atoms. The highest BCUT2D eigenvalue weighted by Crippen LogP contribution is 2.36. The lowest BCUT2D eigenvalue weighted by Gasteiger charge is -2.18. The van der Waals surface area contributed by atoms with Crippen molar-refractivity contribution in [2.45, 2.75) is 219 Å². The van der Waals surface area contributed by atoms with E-state index in [0.717, 1.165) is 51.4 Å². The van der Waals surface area contributed by atoms with Crippen LogP contribution < -0.4 is 0 Å². The van der Waals surface area contributed by atoms with E-state index in [0.29, 0.717) is 6.42 Å². The Morgan fingerprint density at radius 2 is 0.857 bits per heavy atom. The summed E-state index contributed by atoms with van der Waals surface area (Å²) >= 11 is 0. The van der Waals surface area contributed by atoms with Gasteiger partial charge in [-0.05, 0) is 38.5 Å². The van der Waals surface area contributed by atoms with Crippen molar-refractivity contribution in [3.8, 4) is 0 Å². The third kappa shape index (κ3) is 39.4. The van der Waals surface area contributed by atoms with Crippen LogP contribution in [0.3, 0.4) is 0 Å². The molecule has 8 nitrogen and oxygen atoms in total. The van der Waals surface area contributed by atoms with E-state index in [1.807, 2.05) is 0 Å². The van der Waals surface area contributed by atoms with Crippen LogP contribution in [0.15, 0.2) is 12.2 Å². The zero-order chi connectivity index (χ0) is 36.1. The van der Waals surface area contributed by atoms with Gasteiger partial charge in [-0.25, -0.2) is 4.57 Å². The number of phosphoric ester groups is 1. The summed E-state index contributed by atoms with van der Waals surface area (Å²) in [5.74, 6) is -0.884. The van der Waals surface area contributed by atoms with Crippen molar-refractivity contribution < 1.29 is 37.9 Å². The maximum absolute atomic E-state index is 12.4. The van der Waals surface area contributed by atoms with Gasteiger partial charge in [0, 0.05) is 12.8 Å². The Hall–Kier alpha value is -1.21. The van der Waals surface area contributed by atoms with Crippen molar-refractivity contribution in [3.05, 3.63) is 12.2 Å². The molecule has 0 spiro atoms. The molecule has 0 aromatic heterocycles. The number of phosphoric acid groups is 1. The van der Waals surface area contributed by atoms with Gasteiger partial charge in [0.25, 0.3) is 0 Å². The Morgan fingerprint density at radius 3 is 1.27 bits per heavy atom. The van der Waals surface area contributed by atoms with E-state index in [1.54, 1.807) is 0 Å². The zero-order valence-corrected chi connectivity index (χ0v) is 32.8. The van der Waals surface area contributed by atoms with Gasteiger partial charge in [-0.1, -0.05) is 174 Å². The first-order chi connectivity index (χ1) is 23.8. The molecule has 9 heteroatoms. The fraction of sp³-hybridized carbons (Fsp3) is 0.900. The fourth-order valence-electron chi connectivity index (χ4n) is 5.96. The number of unbranched alkanes of at least 4 members (excludes halogenated alkanes) is 26. The van der Waals surface area contributed by atoms with Gasteiger partial charge in [0.2, 0.25) is 0 Å². The van der Waals surface area contributed by atoms with Crippen LogP contribution in [0.25, 0.3) is 0 Å². The summed E-state index contributed by atoms with van der Waals surface area (Å²) in [6.07, 6.45) is 39.3. The van der Waals surface area contributed by atoms with Crippen molar-refractivity contribution in [1.29, 1.82) is 0 Å². The largest absolute Gasteiger partial charge is 0.469 e. The van der Waals surface area contributed by atoms with Crippen LogP contribution in [-0.4, -0.2) is 41.0 Å². The summed E-state index contributed by atoms with van der Waals surface area (Å²) in [6.45, 7) is 3.68. The minimum Gasteiger partial charge on any atom is -0.462 e. The normalized spacial score (nSPS) is 12.5. The minimum atomic E-state index is -4.75. The van der Waals surface area contributed by atoms with Gasteiger partial charge in [-0.3, -0.25) is 14.1 Å². The highest BCUT2D eigenvalue weighted by molar-refractivity contribution is 7.46. The average Bonchev–Trinajstić information content (AvgIpc) is 3.07. The lowest BCUT2D eigenvalue weighted by molar-refractivity contribution is -0.161. The second-order valence-corrected chi connectivity index (χ2v) is 15.2. The average molecular weight is 717 g/mol. The Balaban J connectivity index is 3.89. The summed E-state index contributed by atoms with van der Waals surface area (Å²) in [6, 6.07) is 0. The van der Waals surface area contributed by atoms with E-state index in [4.69, 9.17) is 19.3 Å². The number of hydrogen-bond acceptors (Lipinski definition) is 6. The number of carbonyl (C=O) groups excluding carboxylic acids is 2. The first kappa shape index (κ1) is 47.8. The van der Waals surface area contributed by atoms with Gasteiger partial charge in [-0.2, -0.15) is 0 Å². The van der Waals surface area contributed by atoms with Gasteiger partial charge in [0.05, 0.1) is 6.61 Å². The molecule has 0 bridgehead atoms. The number of ether oxygens (including phenoxy) is 2. The highest BCUT2D eigenvalue weighted by Gasteiger charge is 2.22. The summed E-state index contributed by atoms with van der Waals surface area (Å²) < 4.78 is 26.3. The molecular weight excluding hydrogens is 639 g/mol. The van der Waals surface area contributed by atoms with Crippen LogP contribution in [0.2, 0.25) is 0 Å². The molecule has 290 valence electrons. The molecule has 0 fully saturated rings. The van der Waals surface area contributed by atoms with Gasteiger partial charge in [0.1, 0.15) is 6.61 Å². The Kier molecular flexibility index (Phi) is 35.7. The molecule has 0 heterocycles. The smallest absolute Gasteiger partial charge is 0.462 e. The Morgan fingerprint density at radius 1 is 0.510 bits per heavy atom. The van der Waals surface area contributed by atoms with Crippen LogP contribution in [0.5, 0.6) is 0 Å². The third-order valence-electron chi connectivity index (χ3n) is 9.03. The van der Waals surface area contributed by atoms with Crippen LogP contribution >= 0.6 is 7.82 Å². The van der Waals surface area contributed by atoms with Gasteiger partial charge in [0.15, 0.2) is 6.10 Å². The first-order valence-corrected chi connectivity index (χ1v) is 22.0. The van der Waals surface area contributed by atoms with Crippen molar-refractivity contribution in [1.82, 2.24) is 0 Å². The molecule has 0 saturated heterocycles. The maximum Gasteiger partial charge on any atom is 0.469 e. The van der Waals surface area contributed by atoms with Gasteiger partial charge < -0.3 is 19.3 Å². The molecule has 0 saturated carbocycles. The van der Waals surface area contributed by atoms with Crippen LogP contribution in [0.4, 0.5) is 0 Å². The SMILES string of the molecule is CCCCCC/C=C\CCCCCCCC(=O)OC[C@H](COP(=O)(O)O)OC(=O)CCCCCCCCCCCCCCCCCCCC. The van der Waals surface area contributed by atoms with Crippen molar-refractivity contribution in [2.75, 3.05) is 13.2 Å². The number of hydrogen-bond donors (Lipinski definition) is 2. The third-order valence-corrected chi connectivity index (χ3v) is 9.52. The molecule has 0 unspecified atom stereocenters. The van der Waals surface area contributed by atoms with Gasteiger partial charge >= 0.3 is 19.8 Å². The van der Waals surface area contributed by atoms with E-state index in [2.05, 4.69) is 30.5 Å². The van der Waals surface area contributed by atoms with Gasteiger partial charge in [-0.15, -0.1) is 0 Å². The van der Waals surface area contributed by atoms with Crippen molar-refractivity contribution in [3.63, 3.8) is 0 Å². The number of carbonyl (C=O) groups is 2. The minimum absolute atomic E-state index is 0.216. The van der Waals surface area contributed by atoms with E-state index in [1.165, 1.54) is 128 Å². The Bertz CT molecular complexity index is 812. The summed E-state index contributed by atoms with van der Waals surface area (Å²) in [5, 5.41) is 0. The highest BCUT2D eigenvalue weighted by atomic mass is 31.2. The lowest BCUT2D eigenvalue weighted by Crippen LogP contribution is -2.29. The number of rotatable bonds is 38. The molecule has 0 aromatic carbocycles. The summed E-state index contributed by atoms with van der Waals surface area (Å²) in [7, 11) is -4.75. The molecule has 0 radical (unpaired) electrons. The van der Waals surface area contributed by atoms with E-state index >= 15 is 0 Å². The van der Waals surface area contributed by atoms with Crippen LogP contribution in [0.1, 0.15) is 213 Å². The molecule has 2 N–H and O–H groups in total. The van der Waals surface area contributed by atoms with E-state index < -0.39 is 32.5 Å². The number of esters is 2. The van der Waals surface area contributed by atoms with E-state index in [9.17, 15) is 14.2 Å². The number of allylic oxidation sites excluding steroid dienone is 2. The standard InChI is InChI=1S/C40H77O8P/c1-3-5-7-9-11-13-15-17-18-19-20-21-23-25-27-29-31-33-35-40(42)48-38(37-47-49(43,44)45)36-46-39(41)34-32-30-28-26-24-22-16-14-12-10-8-6-4-2/h14,16,38H,3-13,15,17-37H2,1-2H3,(H2,43,44,45)/b16-14-/t38-/m1/s1. The second-order valence-electron chi connectivity index (χ2n) is 14.0. The molecule has 0 aliphatic heterocycles. The summed E-state index contributed by atoms with van der Waals surface area (Å²) in [4.78, 5) is 42.8. The second kappa shape index (κ2) is 36.6. The molecule has 0 amide bonds. The maximum atomic E-state index is 12.4. The Labute approximate surface area is 301 Å². The summed E-state index contributed by atoms with van der Waals surface area (Å²) in [5.41, 5.74) is 0. The van der Waals surface area contributed by atoms with E-state index in [-0.39, 0.29) is 19.4 Å². The zero-order valence-electron chi connectivity index (χ0n) is 31.9. The quantitative estimate of drug-likeness (QED) is 0.0280. The van der Waals surface area contributed by atoms with Crippen LogP contribution in [-0.2, 0) is 28.2 Å². The first-order valence-electron chi connectivity index (χ1n) is 20.5. The molecular formula is C40H77O8P. The molecule has 0 rings (SSSR count). The fourth-order valence-corrected chi connectivity index (χ4v) is 6.32. The van der Waals surface area contributed by atoms with Crippen LogP contribution in [0, 0.1) is 0 Å². The monoisotopic (exact) mass is 717 g/mol. The molecule has 0 aromatic rings. The lowest BCUT2D eigenvalue weighted by atomic mass is 10.0. The predicted octanol–water partition coefficient (Wildman–Crippen LogP) is 12.2. The predicted molar refractivity (Wildman–Crippen MR) is 202 cm³/mol. The molecule has 1 atom stereocenters.